The normalized spacial score (nSPS) is 10.8. The molecule has 19 heavy (non-hydrogen) atoms. The molecule has 6 heteroatoms. The lowest BCUT2D eigenvalue weighted by Crippen LogP contribution is -2.10. The number of fused-ring (bicyclic) bond motifs is 1. The summed E-state index contributed by atoms with van der Waals surface area (Å²) < 4.78 is 14.5. The quantitative estimate of drug-likeness (QED) is 0.774. The fourth-order valence-electron chi connectivity index (χ4n) is 1.91. The fourth-order valence-corrected chi connectivity index (χ4v) is 3.55. The summed E-state index contributed by atoms with van der Waals surface area (Å²) in [5.74, 6) is -0.535. The molecular formula is C13H9FN2OS2. The zero-order valence-electron chi connectivity index (χ0n) is 9.94. The van der Waals surface area contributed by atoms with Gasteiger partial charge in [0.05, 0.1) is 4.88 Å². The van der Waals surface area contributed by atoms with Crippen molar-refractivity contribution in [3.05, 3.63) is 46.0 Å². The van der Waals surface area contributed by atoms with Gasteiger partial charge in [0.15, 0.2) is 5.13 Å². The van der Waals surface area contributed by atoms with Crippen LogP contribution in [0.5, 0.6) is 0 Å². The van der Waals surface area contributed by atoms with Crippen LogP contribution >= 0.6 is 22.7 Å². The Morgan fingerprint density at radius 1 is 1.42 bits per heavy atom. The van der Waals surface area contributed by atoms with Gasteiger partial charge in [-0.15, -0.1) is 22.7 Å². The molecule has 1 amide bonds. The zero-order chi connectivity index (χ0) is 13.4. The highest BCUT2D eigenvalue weighted by atomic mass is 32.1. The molecule has 2 aromatic heterocycles. The van der Waals surface area contributed by atoms with Crippen LogP contribution in [0.25, 0.3) is 10.1 Å². The summed E-state index contributed by atoms with van der Waals surface area (Å²) in [5, 5.41) is 5.57. The number of aryl methyl sites for hydroxylation is 1. The van der Waals surface area contributed by atoms with Crippen LogP contribution in [-0.2, 0) is 0 Å². The van der Waals surface area contributed by atoms with Gasteiger partial charge in [-0.25, -0.2) is 9.37 Å². The van der Waals surface area contributed by atoms with Gasteiger partial charge in [-0.3, -0.25) is 10.1 Å². The van der Waals surface area contributed by atoms with Crippen LogP contribution in [0.15, 0.2) is 29.8 Å². The summed E-state index contributed by atoms with van der Waals surface area (Å²) in [6.45, 7) is 1.76. The van der Waals surface area contributed by atoms with Crippen molar-refractivity contribution in [2.75, 3.05) is 5.32 Å². The number of carbonyl (C=O) groups excluding carboxylic acids is 1. The number of carbonyl (C=O) groups is 1. The number of hydrogen-bond acceptors (Lipinski definition) is 4. The topological polar surface area (TPSA) is 42.0 Å². The van der Waals surface area contributed by atoms with Gasteiger partial charge in [-0.1, -0.05) is 6.07 Å². The van der Waals surface area contributed by atoms with E-state index >= 15 is 0 Å². The lowest BCUT2D eigenvalue weighted by molar-refractivity contribution is 0.103. The molecule has 0 atom stereocenters. The lowest BCUT2D eigenvalue weighted by Gasteiger charge is -2.00. The molecule has 0 aliphatic carbocycles. The lowest BCUT2D eigenvalue weighted by atomic mass is 10.1. The van der Waals surface area contributed by atoms with Gasteiger partial charge in [0.2, 0.25) is 0 Å². The number of thiazole rings is 1. The van der Waals surface area contributed by atoms with Crippen LogP contribution in [0.4, 0.5) is 9.52 Å². The largest absolute Gasteiger partial charge is 0.297 e. The Labute approximate surface area is 116 Å². The molecule has 0 spiro atoms. The molecule has 0 fully saturated rings. The fraction of sp³-hybridized carbons (Fsp3) is 0.0769. The third kappa shape index (κ3) is 2.13. The minimum absolute atomic E-state index is 0.243. The first-order valence-electron chi connectivity index (χ1n) is 5.55. The van der Waals surface area contributed by atoms with Crippen molar-refractivity contribution in [1.82, 2.24) is 4.98 Å². The van der Waals surface area contributed by atoms with Crippen molar-refractivity contribution >= 4 is 43.8 Å². The number of amides is 1. The maximum atomic E-state index is 13.8. The first-order chi connectivity index (χ1) is 9.16. The molecule has 3 aromatic rings. The minimum atomic E-state index is -0.292. The van der Waals surface area contributed by atoms with E-state index in [0.717, 1.165) is 4.70 Å². The van der Waals surface area contributed by atoms with Crippen molar-refractivity contribution in [2.24, 2.45) is 0 Å². The predicted molar refractivity (Wildman–Crippen MR) is 76.6 cm³/mol. The molecule has 0 aliphatic heterocycles. The molecule has 1 aromatic carbocycles. The van der Waals surface area contributed by atoms with Crippen LogP contribution < -0.4 is 5.32 Å². The van der Waals surface area contributed by atoms with E-state index in [9.17, 15) is 9.18 Å². The zero-order valence-corrected chi connectivity index (χ0v) is 11.6. The molecule has 3 nitrogen and oxygen atoms in total. The molecule has 0 radical (unpaired) electrons. The second-order valence-corrected chi connectivity index (χ2v) is 5.91. The first-order valence-corrected chi connectivity index (χ1v) is 7.25. The van der Waals surface area contributed by atoms with Crippen molar-refractivity contribution in [3.8, 4) is 0 Å². The highest BCUT2D eigenvalue weighted by Gasteiger charge is 2.18. The number of rotatable bonds is 2. The summed E-state index contributed by atoms with van der Waals surface area (Å²) in [5.41, 5.74) is 0.673. The van der Waals surface area contributed by atoms with Gasteiger partial charge < -0.3 is 0 Å². The average molecular weight is 292 g/mol. The van der Waals surface area contributed by atoms with Gasteiger partial charge in [0, 0.05) is 21.7 Å². The molecule has 0 unspecified atom stereocenters. The van der Waals surface area contributed by atoms with Crippen molar-refractivity contribution < 1.29 is 9.18 Å². The molecule has 0 saturated heterocycles. The maximum Gasteiger partial charge on any atom is 0.267 e. The van der Waals surface area contributed by atoms with E-state index in [2.05, 4.69) is 10.3 Å². The van der Waals surface area contributed by atoms with Gasteiger partial charge in [0.1, 0.15) is 5.82 Å². The second kappa shape index (κ2) is 4.71. The smallest absolute Gasteiger partial charge is 0.267 e. The van der Waals surface area contributed by atoms with Crippen LogP contribution in [0.2, 0.25) is 0 Å². The SMILES string of the molecule is Cc1c(C(=O)Nc2nccs2)sc2cccc(F)c12. The van der Waals surface area contributed by atoms with E-state index in [1.807, 2.05) is 6.07 Å². The molecule has 2 heterocycles. The van der Waals surface area contributed by atoms with Crippen LogP contribution in [0.3, 0.4) is 0 Å². The molecule has 0 bridgehead atoms. The Morgan fingerprint density at radius 2 is 2.26 bits per heavy atom. The third-order valence-electron chi connectivity index (χ3n) is 2.76. The maximum absolute atomic E-state index is 13.8. The van der Waals surface area contributed by atoms with E-state index in [1.165, 1.54) is 28.7 Å². The number of nitrogens with zero attached hydrogens (tertiary/aromatic N) is 1. The van der Waals surface area contributed by atoms with Gasteiger partial charge in [-0.2, -0.15) is 0 Å². The summed E-state index contributed by atoms with van der Waals surface area (Å²) in [6, 6.07) is 4.87. The number of anilines is 1. The number of thiophene rings is 1. The summed E-state index contributed by atoms with van der Waals surface area (Å²) in [7, 11) is 0. The Bertz CT molecular complexity index is 749. The summed E-state index contributed by atoms with van der Waals surface area (Å²) >= 11 is 2.64. The number of halogens is 1. The van der Waals surface area contributed by atoms with Gasteiger partial charge in [-0.05, 0) is 24.6 Å². The highest BCUT2D eigenvalue weighted by Crippen LogP contribution is 2.33. The third-order valence-corrected chi connectivity index (χ3v) is 4.71. The van der Waals surface area contributed by atoms with E-state index in [4.69, 9.17) is 0 Å². The van der Waals surface area contributed by atoms with Crippen molar-refractivity contribution in [3.63, 3.8) is 0 Å². The van der Waals surface area contributed by atoms with E-state index in [1.54, 1.807) is 24.6 Å². The van der Waals surface area contributed by atoms with Crippen molar-refractivity contribution in [1.29, 1.82) is 0 Å². The monoisotopic (exact) mass is 292 g/mol. The molecule has 3 rings (SSSR count). The molecule has 0 aliphatic rings. The second-order valence-electron chi connectivity index (χ2n) is 3.96. The molecule has 1 N–H and O–H groups in total. The molecular weight excluding hydrogens is 283 g/mol. The van der Waals surface area contributed by atoms with E-state index in [0.29, 0.717) is 21.0 Å². The predicted octanol–water partition coefficient (Wildman–Crippen LogP) is 4.06. The minimum Gasteiger partial charge on any atom is -0.297 e. The Hall–Kier alpha value is -1.79. The summed E-state index contributed by atoms with van der Waals surface area (Å²) in [6.07, 6.45) is 1.62. The average Bonchev–Trinajstić information content (AvgIpc) is 2.98. The van der Waals surface area contributed by atoms with Gasteiger partial charge >= 0.3 is 0 Å². The highest BCUT2D eigenvalue weighted by molar-refractivity contribution is 7.21. The Kier molecular flexibility index (Phi) is 3.04. The number of hydrogen-bond donors (Lipinski definition) is 1. The molecule has 0 saturated carbocycles. The Balaban J connectivity index is 2.03. The van der Waals surface area contributed by atoms with Crippen LogP contribution in [-0.4, -0.2) is 10.9 Å². The van der Waals surface area contributed by atoms with E-state index in [-0.39, 0.29) is 11.7 Å². The Morgan fingerprint density at radius 3 is 2.95 bits per heavy atom. The number of nitrogens with one attached hydrogen (secondary N) is 1. The van der Waals surface area contributed by atoms with E-state index < -0.39 is 0 Å². The van der Waals surface area contributed by atoms with Crippen LogP contribution in [0.1, 0.15) is 15.2 Å². The summed E-state index contributed by atoms with van der Waals surface area (Å²) in [4.78, 5) is 16.7. The molecule has 96 valence electrons. The van der Waals surface area contributed by atoms with Gasteiger partial charge in [0.25, 0.3) is 5.91 Å². The number of aromatic nitrogens is 1. The standard InChI is InChI=1S/C13H9FN2OS2/c1-7-10-8(14)3-2-4-9(10)19-11(7)12(17)16-13-15-5-6-18-13/h2-6H,1H3,(H,15,16,17). The first kappa shape index (κ1) is 12.3. The number of benzene rings is 1. The van der Waals surface area contributed by atoms with Crippen LogP contribution in [0, 0.1) is 12.7 Å². The van der Waals surface area contributed by atoms with Crippen molar-refractivity contribution in [2.45, 2.75) is 6.92 Å².